The fourth-order valence-corrected chi connectivity index (χ4v) is 4.25. The summed E-state index contributed by atoms with van der Waals surface area (Å²) >= 11 is 0. The van der Waals surface area contributed by atoms with Crippen molar-refractivity contribution in [1.29, 1.82) is 0 Å². The number of guanidine groups is 1. The molecule has 1 unspecified atom stereocenters. The normalized spacial score (nSPS) is 19.0. The Morgan fingerprint density at radius 3 is 2.62 bits per heavy atom. The number of amides is 1. The third kappa shape index (κ3) is 7.30. The van der Waals surface area contributed by atoms with Crippen LogP contribution in [-0.2, 0) is 14.6 Å². The molecular formula is C17H26N4O4S. The van der Waals surface area contributed by atoms with Gasteiger partial charge in [-0.15, -0.1) is 0 Å². The molecule has 1 aromatic carbocycles. The molecule has 26 heavy (non-hydrogen) atoms. The van der Waals surface area contributed by atoms with E-state index in [1.165, 1.54) is 0 Å². The van der Waals surface area contributed by atoms with Crippen LogP contribution in [0, 0.1) is 0 Å². The molecule has 0 saturated carbocycles. The van der Waals surface area contributed by atoms with Crippen LogP contribution in [0.25, 0.3) is 0 Å². The summed E-state index contributed by atoms with van der Waals surface area (Å²) in [5.41, 5.74) is 0. The van der Waals surface area contributed by atoms with Crippen LogP contribution < -0.4 is 20.7 Å². The van der Waals surface area contributed by atoms with Crippen molar-refractivity contribution in [2.75, 3.05) is 38.2 Å². The molecule has 1 amide bonds. The molecule has 0 aliphatic carbocycles. The first-order valence-corrected chi connectivity index (χ1v) is 10.4. The van der Waals surface area contributed by atoms with Crippen molar-refractivity contribution in [1.82, 2.24) is 16.0 Å². The minimum Gasteiger partial charge on any atom is -0.492 e. The lowest BCUT2D eigenvalue weighted by Crippen LogP contribution is -2.42. The van der Waals surface area contributed by atoms with Gasteiger partial charge < -0.3 is 20.7 Å². The molecule has 9 heteroatoms. The zero-order valence-electron chi connectivity index (χ0n) is 14.9. The number of nitrogens with one attached hydrogen (secondary N) is 3. The van der Waals surface area contributed by atoms with Gasteiger partial charge in [-0.2, -0.15) is 0 Å². The minimum absolute atomic E-state index is 0.0385. The molecule has 1 aliphatic heterocycles. The number of hydrogen-bond acceptors (Lipinski definition) is 5. The monoisotopic (exact) mass is 382 g/mol. The highest BCUT2D eigenvalue weighted by atomic mass is 32.2. The van der Waals surface area contributed by atoms with E-state index in [0.717, 1.165) is 5.75 Å². The number of carbonyl (C=O) groups excluding carboxylic acids is 1. The van der Waals surface area contributed by atoms with Gasteiger partial charge in [0.05, 0.1) is 18.1 Å². The molecule has 2 rings (SSSR count). The third-order valence-electron chi connectivity index (χ3n) is 3.87. The van der Waals surface area contributed by atoms with Crippen LogP contribution in [0.5, 0.6) is 5.75 Å². The number of rotatable bonds is 8. The van der Waals surface area contributed by atoms with Crippen molar-refractivity contribution < 1.29 is 17.9 Å². The van der Waals surface area contributed by atoms with Gasteiger partial charge >= 0.3 is 0 Å². The maximum absolute atomic E-state index is 11.9. The first-order chi connectivity index (χ1) is 12.5. The van der Waals surface area contributed by atoms with Gasteiger partial charge in [-0.25, -0.2) is 8.42 Å². The molecule has 1 aliphatic rings. The Labute approximate surface area is 154 Å². The number of nitrogens with zero attached hydrogens (tertiary/aromatic N) is 1. The van der Waals surface area contributed by atoms with Crippen molar-refractivity contribution in [2.45, 2.75) is 18.9 Å². The highest BCUT2D eigenvalue weighted by Gasteiger charge is 2.28. The predicted molar refractivity (Wildman–Crippen MR) is 101 cm³/mol. The molecule has 8 nitrogen and oxygen atoms in total. The van der Waals surface area contributed by atoms with E-state index in [1.54, 1.807) is 7.05 Å². The van der Waals surface area contributed by atoms with E-state index < -0.39 is 9.84 Å². The van der Waals surface area contributed by atoms with Crippen molar-refractivity contribution >= 4 is 21.7 Å². The maximum atomic E-state index is 11.9. The predicted octanol–water partition coefficient (Wildman–Crippen LogP) is -0.0762. The summed E-state index contributed by atoms with van der Waals surface area (Å²) in [6.45, 7) is 1.46. The van der Waals surface area contributed by atoms with Gasteiger partial charge in [-0.05, 0) is 18.6 Å². The third-order valence-corrected chi connectivity index (χ3v) is 5.64. The standard InChI is InChI=1S/C17H26N4O4S/c1-18-17(20-10-11-25-15-5-3-2-4-6-15)19-9-7-16(22)21-14-8-12-26(23,24)13-14/h2-6,14H,7-13H2,1H3,(H,21,22)(H2,18,19,20). The second-order valence-corrected chi connectivity index (χ2v) is 8.23. The Morgan fingerprint density at radius 2 is 1.96 bits per heavy atom. The zero-order chi connectivity index (χ0) is 18.8. The molecule has 3 N–H and O–H groups in total. The molecule has 0 radical (unpaired) electrons. The van der Waals surface area contributed by atoms with Crippen LogP contribution in [0.3, 0.4) is 0 Å². The highest BCUT2D eigenvalue weighted by Crippen LogP contribution is 2.11. The van der Waals surface area contributed by atoms with Crippen molar-refractivity contribution in [3.63, 3.8) is 0 Å². The van der Waals surface area contributed by atoms with Gasteiger partial charge in [0.15, 0.2) is 15.8 Å². The Balaban J connectivity index is 1.57. The Kier molecular flexibility index (Phi) is 7.71. The van der Waals surface area contributed by atoms with E-state index in [2.05, 4.69) is 20.9 Å². The number of ether oxygens (including phenoxy) is 1. The Bertz CT molecular complexity index is 707. The summed E-state index contributed by atoms with van der Waals surface area (Å²) in [6.07, 6.45) is 0.740. The average molecular weight is 382 g/mol. The first kappa shape index (κ1) is 20.0. The number of aliphatic imine (C=N–C) groups is 1. The lowest BCUT2D eigenvalue weighted by atomic mass is 10.2. The minimum atomic E-state index is -2.98. The molecule has 1 aromatic rings. The van der Waals surface area contributed by atoms with Crippen LogP contribution >= 0.6 is 0 Å². The van der Waals surface area contributed by atoms with Crippen LogP contribution in [-0.4, -0.2) is 64.6 Å². The maximum Gasteiger partial charge on any atom is 0.222 e. The molecule has 0 bridgehead atoms. The van der Waals surface area contributed by atoms with E-state index in [9.17, 15) is 13.2 Å². The lowest BCUT2D eigenvalue weighted by molar-refractivity contribution is -0.121. The fraction of sp³-hybridized carbons (Fsp3) is 0.529. The summed E-state index contributed by atoms with van der Waals surface area (Å²) in [5, 5.41) is 8.90. The van der Waals surface area contributed by atoms with E-state index in [1.807, 2.05) is 30.3 Å². The molecule has 1 heterocycles. The summed E-state index contributed by atoms with van der Waals surface area (Å²) in [5.74, 6) is 1.41. The molecule has 1 atom stereocenters. The second kappa shape index (κ2) is 10.0. The van der Waals surface area contributed by atoms with E-state index in [4.69, 9.17) is 4.74 Å². The second-order valence-electron chi connectivity index (χ2n) is 6.00. The average Bonchev–Trinajstić information content (AvgIpc) is 2.96. The Morgan fingerprint density at radius 1 is 1.23 bits per heavy atom. The van der Waals surface area contributed by atoms with E-state index >= 15 is 0 Å². The summed E-state index contributed by atoms with van der Waals surface area (Å²) in [6, 6.07) is 9.27. The van der Waals surface area contributed by atoms with Crippen molar-refractivity contribution in [2.24, 2.45) is 4.99 Å². The topological polar surface area (TPSA) is 109 Å². The van der Waals surface area contributed by atoms with E-state index in [-0.39, 0.29) is 29.9 Å². The number of hydrogen-bond donors (Lipinski definition) is 3. The molecule has 1 fully saturated rings. The molecule has 0 spiro atoms. The molecule has 1 saturated heterocycles. The zero-order valence-corrected chi connectivity index (χ0v) is 15.7. The van der Waals surface area contributed by atoms with Crippen LogP contribution in [0.2, 0.25) is 0 Å². The van der Waals surface area contributed by atoms with E-state index in [0.29, 0.717) is 32.1 Å². The summed E-state index contributed by atoms with van der Waals surface area (Å²) in [7, 11) is -1.33. The van der Waals surface area contributed by atoms with Crippen molar-refractivity contribution in [3.05, 3.63) is 30.3 Å². The largest absolute Gasteiger partial charge is 0.492 e. The van der Waals surface area contributed by atoms with Gasteiger partial charge in [0.2, 0.25) is 5.91 Å². The smallest absolute Gasteiger partial charge is 0.222 e. The fourth-order valence-electron chi connectivity index (χ4n) is 2.58. The Hall–Kier alpha value is -2.29. The molecular weight excluding hydrogens is 356 g/mol. The quantitative estimate of drug-likeness (QED) is 0.330. The van der Waals surface area contributed by atoms with Gasteiger partial charge in [-0.3, -0.25) is 9.79 Å². The van der Waals surface area contributed by atoms with Gasteiger partial charge in [0.1, 0.15) is 12.4 Å². The number of benzene rings is 1. The van der Waals surface area contributed by atoms with Crippen LogP contribution in [0.1, 0.15) is 12.8 Å². The van der Waals surface area contributed by atoms with Crippen molar-refractivity contribution in [3.8, 4) is 5.75 Å². The number of carbonyl (C=O) groups is 1. The summed E-state index contributed by atoms with van der Waals surface area (Å²) in [4.78, 5) is 16.0. The van der Waals surface area contributed by atoms with Gasteiger partial charge in [0.25, 0.3) is 0 Å². The number of para-hydroxylation sites is 1. The molecule has 0 aromatic heterocycles. The lowest BCUT2D eigenvalue weighted by Gasteiger charge is -2.14. The van der Waals surface area contributed by atoms with Gasteiger partial charge in [0, 0.05) is 26.1 Å². The van der Waals surface area contributed by atoms with Crippen LogP contribution in [0.15, 0.2) is 35.3 Å². The first-order valence-electron chi connectivity index (χ1n) is 8.60. The van der Waals surface area contributed by atoms with Gasteiger partial charge in [-0.1, -0.05) is 18.2 Å². The number of sulfone groups is 1. The molecule has 144 valence electrons. The van der Waals surface area contributed by atoms with Crippen LogP contribution in [0.4, 0.5) is 0 Å². The highest BCUT2D eigenvalue weighted by molar-refractivity contribution is 7.91. The summed E-state index contributed by atoms with van der Waals surface area (Å²) < 4.78 is 28.3. The SMILES string of the molecule is CN=C(NCCOc1ccccc1)NCCC(=O)NC1CCS(=O)(=O)C1.